The van der Waals surface area contributed by atoms with Crippen LogP contribution in [-0.4, -0.2) is 28.7 Å². The van der Waals surface area contributed by atoms with Crippen LogP contribution >= 0.6 is 11.6 Å². The maximum atomic E-state index is 12.9. The second kappa shape index (κ2) is 7.14. The molecule has 1 unspecified atom stereocenters. The number of rotatable bonds is 2. The number of amides is 1. The van der Waals surface area contributed by atoms with E-state index in [9.17, 15) is 9.90 Å². The summed E-state index contributed by atoms with van der Waals surface area (Å²) in [7, 11) is 0. The van der Waals surface area contributed by atoms with Gasteiger partial charge in [-0.2, -0.15) is 0 Å². The number of hydrogen-bond donors (Lipinski definition) is 1. The van der Waals surface area contributed by atoms with Crippen LogP contribution in [0.1, 0.15) is 57.9 Å². The number of nitrogens with zero attached hydrogens (tertiary/aromatic N) is 1. The third kappa shape index (κ3) is 3.43. The van der Waals surface area contributed by atoms with E-state index < -0.39 is 5.60 Å². The van der Waals surface area contributed by atoms with Crippen LogP contribution in [0.5, 0.6) is 5.75 Å². The second-order valence-corrected chi connectivity index (χ2v) is 9.56. The monoisotopic (exact) mass is 401 g/mol. The third-order valence-electron chi connectivity index (χ3n) is 5.93. The number of phenols is 1. The van der Waals surface area contributed by atoms with E-state index in [1.807, 2.05) is 45.0 Å². The first kappa shape index (κ1) is 19.4. The van der Waals surface area contributed by atoms with Crippen LogP contribution in [0.15, 0.2) is 30.3 Å². The number of anilines is 1. The van der Waals surface area contributed by atoms with E-state index in [0.717, 1.165) is 34.9 Å². The normalized spacial score (nSPS) is 21.1. The number of ether oxygens (including phenoxy) is 1. The molecular formula is C23H28ClNO3. The van der Waals surface area contributed by atoms with Crippen LogP contribution in [0, 0.1) is 5.92 Å². The number of alkyl halides is 1. The smallest absolute Gasteiger partial charge is 0.414 e. The summed E-state index contributed by atoms with van der Waals surface area (Å²) in [5.74, 6) is 0.666. The molecule has 150 valence electrons. The molecular weight excluding hydrogens is 374 g/mol. The zero-order valence-corrected chi connectivity index (χ0v) is 17.5. The number of hydrogen-bond acceptors (Lipinski definition) is 3. The molecule has 2 aromatic rings. The molecule has 4 nitrogen and oxygen atoms in total. The fraction of sp³-hybridized carbons (Fsp3) is 0.522. The van der Waals surface area contributed by atoms with Crippen molar-refractivity contribution in [1.29, 1.82) is 0 Å². The molecule has 2 atom stereocenters. The topological polar surface area (TPSA) is 49.8 Å². The van der Waals surface area contributed by atoms with Crippen LogP contribution in [-0.2, 0) is 4.74 Å². The number of phenolic OH excluding ortho intramolecular Hbond substituents is 1. The van der Waals surface area contributed by atoms with Crippen LogP contribution in [0.25, 0.3) is 10.8 Å². The molecule has 4 rings (SSSR count). The van der Waals surface area contributed by atoms with E-state index in [1.54, 1.807) is 11.0 Å². The van der Waals surface area contributed by atoms with Gasteiger partial charge >= 0.3 is 6.09 Å². The highest BCUT2D eigenvalue weighted by molar-refractivity contribution is 6.22. The summed E-state index contributed by atoms with van der Waals surface area (Å²) in [5, 5.41) is 12.3. The Kier molecular flexibility index (Phi) is 4.95. The first-order valence-electron chi connectivity index (χ1n) is 10.2. The predicted octanol–water partition coefficient (Wildman–Crippen LogP) is 6.18. The zero-order chi connectivity index (χ0) is 20.1. The average molecular weight is 402 g/mol. The molecule has 1 N–H and O–H groups in total. The standard InChI is InChI=1S/C23H28ClNO3/c1-23(2,3)28-22(27)25-13-17(21(24)14-8-4-5-9-14)20-16-11-7-6-10-15(16)19(26)12-18(20)25/h6-7,10-12,14,17,21,26H,4-5,8-9,13H2,1-3H3/t17-,21?/m1/s1. The van der Waals surface area contributed by atoms with E-state index in [2.05, 4.69) is 0 Å². The van der Waals surface area contributed by atoms with Gasteiger partial charge in [0.2, 0.25) is 0 Å². The lowest BCUT2D eigenvalue weighted by Gasteiger charge is -2.26. The summed E-state index contributed by atoms with van der Waals surface area (Å²) >= 11 is 7.02. The first-order valence-corrected chi connectivity index (χ1v) is 10.6. The first-order chi connectivity index (χ1) is 13.3. The number of benzene rings is 2. The maximum absolute atomic E-state index is 12.9. The summed E-state index contributed by atoms with van der Waals surface area (Å²) in [6.45, 7) is 6.07. The van der Waals surface area contributed by atoms with Crippen molar-refractivity contribution in [3.05, 3.63) is 35.9 Å². The highest BCUT2D eigenvalue weighted by Crippen LogP contribution is 2.50. The van der Waals surface area contributed by atoms with Crippen molar-refractivity contribution in [3.8, 4) is 5.75 Å². The molecule has 5 heteroatoms. The van der Waals surface area contributed by atoms with Crippen molar-refractivity contribution in [1.82, 2.24) is 0 Å². The van der Waals surface area contributed by atoms with Gasteiger partial charge in [0.15, 0.2) is 0 Å². The minimum atomic E-state index is -0.583. The van der Waals surface area contributed by atoms with E-state index in [4.69, 9.17) is 16.3 Å². The Labute approximate surface area is 171 Å². The van der Waals surface area contributed by atoms with Gasteiger partial charge in [-0.1, -0.05) is 37.1 Å². The molecule has 0 bridgehead atoms. The molecule has 0 spiro atoms. The Morgan fingerprint density at radius 3 is 2.50 bits per heavy atom. The van der Waals surface area contributed by atoms with E-state index in [1.165, 1.54) is 12.8 Å². The van der Waals surface area contributed by atoms with Gasteiger partial charge in [0.1, 0.15) is 11.4 Å². The number of carbonyl (C=O) groups excluding carboxylic acids is 1. The number of aromatic hydroxyl groups is 1. The van der Waals surface area contributed by atoms with E-state index in [0.29, 0.717) is 12.5 Å². The van der Waals surface area contributed by atoms with Crippen LogP contribution < -0.4 is 4.90 Å². The van der Waals surface area contributed by atoms with Crippen molar-refractivity contribution in [2.75, 3.05) is 11.4 Å². The third-order valence-corrected chi connectivity index (χ3v) is 6.59. The highest BCUT2D eigenvalue weighted by atomic mass is 35.5. The molecule has 1 fully saturated rings. The predicted molar refractivity (Wildman–Crippen MR) is 114 cm³/mol. The summed E-state index contributed by atoms with van der Waals surface area (Å²) in [6, 6.07) is 9.50. The molecule has 28 heavy (non-hydrogen) atoms. The minimum Gasteiger partial charge on any atom is -0.507 e. The van der Waals surface area contributed by atoms with Crippen molar-refractivity contribution in [2.45, 2.75) is 63.4 Å². The zero-order valence-electron chi connectivity index (χ0n) is 16.7. The van der Waals surface area contributed by atoms with Gasteiger partial charge in [-0.15, -0.1) is 11.6 Å². The molecule has 2 aromatic carbocycles. The minimum absolute atomic E-state index is 0.0257. The van der Waals surface area contributed by atoms with Gasteiger partial charge in [0.05, 0.1) is 5.69 Å². The SMILES string of the molecule is CC(C)(C)OC(=O)N1C[C@@H](C(Cl)C2CCCC2)c2c1cc(O)c1ccccc21. The van der Waals surface area contributed by atoms with Crippen LogP contribution in [0.2, 0.25) is 0 Å². The van der Waals surface area contributed by atoms with Crippen molar-refractivity contribution < 1.29 is 14.6 Å². The van der Waals surface area contributed by atoms with Crippen LogP contribution in [0.3, 0.4) is 0 Å². The Morgan fingerprint density at radius 2 is 1.86 bits per heavy atom. The van der Waals surface area contributed by atoms with Crippen LogP contribution in [0.4, 0.5) is 10.5 Å². The van der Waals surface area contributed by atoms with Gasteiger partial charge < -0.3 is 9.84 Å². The summed E-state index contributed by atoms with van der Waals surface area (Å²) < 4.78 is 5.65. The fourth-order valence-electron chi connectivity index (χ4n) is 4.72. The molecule has 0 saturated heterocycles. The van der Waals surface area contributed by atoms with Gasteiger partial charge in [-0.3, -0.25) is 4.90 Å². The van der Waals surface area contributed by atoms with Gasteiger partial charge in [0, 0.05) is 29.3 Å². The molecule has 1 aliphatic heterocycles. The van der Waals surface area contributed by atoms with Crippen molar-refractivity contribution in [2.24, 2.45) is 5.92 Å². The Balaban J connectivity index is 1.81. The van der Waals surface area contributed by atoms with Gasteiger partial charge in [-0.05, 0) is 50.5 Å². The maximum Gasteiger partial charge on any atom is 0.414 e. The largest absolute Gasteiger partial charge is 0.507 e. The highest BCUT2D eigenvalue weighted by Gasteiger charge is 2.42. The van der Waals surface area contributed by atoms with Gasteiger partial charge in [0.25, 0.3) is 0 Å². The van der Waals surface area contributed by atoms with Gasteiger partial charge in [-0.25, -0.2) is 4.79 Å². The number of halogens is 1. The summed E-state index contributed by atoms with van der Waals surface area (Å²) in [6.07, 6.45) is 4.34. The van der Waals surface area contributed by atoms with Crippen molar-refractivity contribution in [3.63, 3.8) is 0 Å². The lowest BCUT2D eigenvalue weighted by Crippen LogP contribution is -2.37. The summed E-state index contributed by atoms with van der Waals surface area (Å²) in [5.41, 5.74) is 1.20. The summed E-state index contributed by atoms with van der Waals surface area (Å²) in [4.78, 5) is 14.6. The molecule has 2 aliphatic rings. The molecule has 0 aromatic heterocycles. The molecule has 1 saturated carbocycles. The molecule has 0 radical (unpaired) electrons. The number of carbonyl (C=O) groups is 1. The van der Waals surface area contributed by atoms with E-state index >= 15 is 0 Å². The van der Waals surface area contributed by atoms with E-state index in [-0.39, 0.29) is 23.1 Å². The average Bonchev–Trinajstić information content (AvgIpc) is 3.28. The Morgan fingerprint density at radius 1 is 1.21 bits per heavy atom. The lowest BCUT2D eigenvalue weighted by molar-refractivity contribution is 0.0582. The molecule has 1 aliphatic carbocycles. The molecule has 1 amide bonds. The lowest BCUT2D eigenvalue weighted by atomic mass is 9.86. The second-order valence-electron chi connectivity index (χ2n) is 9.06. The quantitative estimate of drug-likeness (QED) is 0.611. The van der Waals surface area contributed by atoms with Crippen molar-refractivity contribution >= 4 is 34.2 Å². The Bertz CT molecular complexity index is 899. The fourth-order valence-corrected chi connectivity index (χ4v) is 5.18. The Hall–Kier alpha value is -1.94. The number of fused-ring (bicyclic) bond motifs is 3. The molecule has 1 heterocycles.